The van der Waals surface area contributed by atoms with Crippen molar-refractivity contribution in [2.24, 2.45) is 0 Å². The van der Waals surface area contributed by atoms with E-state index in [0.29, 0.717) is 29.4 Å². The fraction of sp³-hybridized carbons (Fsp3) is 0.143. The molecule has 0 atom stereocenters. The summed E-state index contributed by atoms with van der Waals surface area (Å²) in [6.07, 6.45) is 0.647. The highest BCUT2D eigenvalue weighted by Crippen LogP contribution is 2.28. The highest BCUT2D eigenvalue weighted by molar-refractivity contribution is 7.14. The Morgan fingerprint density at radius 3 is 2.71 bits per heavy atom. The molecule has 0 saturated heterocycles. The average Bonchev–Trinajstić information content (AvgIpc) is 3.44. The molecule has 1 N–H and O–H groups in total. The van der Waals surface area contributed by atoms with Crippen molar-refractivity contribution in [2.75, 3.05) is 5.32 Å². The van der Waals surface area contributed by atoms with Crippen molar-refractivity contribution in [1.29, 1.82) is 0 Å². The van der Waals surface area contributed by atoms with Crippen molar-refractivity contribution in [1.82, 2.24) is 15.1 Å². The van der Waals surface area contributed by atoms with Crippen molar-refractivity contribution in [2.45, 2.75) is 20.0 Å². The number of nitrogens with one attached hydrogen (secondary N) is 1. The molecule has 2 heterocycles. The number of aryl methyl sites for hydroxylation is 1. The third-order valence-corrected chi connectivity index (χ3v) is 4.98. The molecule has 0 aliphatic heterocycles. The average molecular weight is 442 g/mol. The number of hydrogen-bond donors (Lipinski definition) is 1. The van der Waals surface area contributed by atoms with E-state index in [4.69, 9.17) is 9.26 Å². The molecule has 2 aromatic carbocycles. The Labute approximate surface area is 179 Å². The van der Waals surface area contributed by atoms with Gasteiger partial charge in [0.1, 0.15) is 17.4 Å². The summed E-state index contributed by atoms with van der Waals surface area (Å²) < 4.78 is 37.9. The molecule has 0 unspecified atom stereocenters. The Bertz CT molecular complexity index is 1210. The number of rotatable bonds is 7. The van der Waals surface area contributed by atoms with Crippen LogP contribution in [0.5, 0.6) is 5.75 Å². The van der Waals surface area contributed by atoms with Crippen LogP contribution in [0.3, 0.4) is 0 Å². The lowest BCUT2D eigenvalue weighted by Gasteiger charge is -2.05. The van der Waals surface area contributed by atoms with Crippen LogP contribution in [-0.4, -0.2) is 21.0 Å². The van der Waals surface area contributed by atoms with Crippen LogP contribution in [0.2, 0.25) is 0 Å². The van der Waals surface area contributed by atoms with E-state index in [0.717, 1.165) is 29.5 Å². The van der Waals surface area contributed by atoms with Crippen LogP contribution < -0.4 is 10.1 Å². The van der Waals surface area contributed by atoms with Gasteiger partial charge in [-0.1, -0.05) is 12.1 Å². The fourth-order valence-electron chi connectivity index (χ4n) is 2.66. The van der Waals surface area contributed by atoms with Crippen molar-refractivity contribution in [3.05, 3.63) is 76.8 Å². The standard InChI is InChI=1S/C21H16F2N4O3S/c1-2-19-25-18(27-30-19)10-29-14-6-3-12(4-7-14)20(28)26-21-24-17(11-31-21)15-9-13(22)5-8-16(15)23/h3-9,11H,2,10H2,1H3,(H,24,26,28). The second-order valence-electron chi connectivity index (χ2n) is 6.39. The minimum absolute atomic E-state index is 0.0333. The summed E-state index contributed by atoms with van der Waals surface area (Å²) in [6.45, 7) is 2.06. The van der Waals surface area contributed by atoms with E-state index >= 15 is 0 Å². The third-order valence-electron chi connectivity index (χ3n) is 4.23. The molecule has 0 fully saturated rings. The van der Waals surface area contributed by atoms with Gasteiger partial charge in [-0.15, -0.1) is 11.3 Å². The van der Waals surface area contributed by atoms with Gasteiger partial charge in [0.25, 0.3) is 5.91 Å². The molecule has 0 radical (unpaired) electrons. The monoisotopic (exact) mass is 442 g/mol. The molecule has 0 aliphatic rings. The van der Waals surface area contributed by atoms with Gasteiger partial charge in [-0.05, 0) is 42.5 Å². The molecule has 0 saturated carbocycles. The van der Waals surface area contributed by atoms with Gasteiger partial charge in [-0.2, -0.15) is 4.98 Å². The smallest absolute Gasteiger partial charge is 0.257 e. The lowest BCUT2D eigenvalue weighted by molar-refractivity contribution is 0.102. The lowest BCUT2D eigenvalue weighted by atomic mass is 10.1. The molecule has 4 aromatic rings. The maximum absolute atomic E-state index is 13.9. The van der Waals surface area contributed by atoms with Crippen molar-refractivity contribution in [3.63, 3.8) is 0 Å². The number of halogens is 2. The zero-order chi connectivity index (χ0) is 21.8. The summed E-state index contributed by atoms with van der Waals surface area (Å²) in [5.41, 5.74) is 0.661. The molecule has 1 amide bonds. The first kappa shape index (κ1) is 20.6. The second kappa shape index (κ2) is 9.00. The number of hydrogen-bond acceptors (Lipinski definition) is 7. The molecule has 0 spiro atoms. The van der Waals surface area contributed by atoms with E-state index in [9.17, 15) is 13.6 Å². The van der Waals surface area contributed by atoms with E-state index in [-0.39, 0.29) is 23.0 Å². The maximum Gasteiger partial charge on any atom is 0.257 e. The molecule has 0 bridgehead atoms. The van der Waals surface area contributed by atoms with Crippen LogP contribution in [0, 0.1) is 11.6 Å². The van der Waals surface area contributed by atoms with Gasteiger partial charge >= 0.3 is 0 Å². The Morgan fingerprint density at radius 1 is 1.16 bits per heavy atom. The van der Waals surface area contributed by atoms with Crippen LogP contribution in [-0.2, 0) is 13.0 Å². The second-order valence-corrected chi connectivity index (χ2v) is 7.25. The first-order chi connectivity index (χ1) is 15.0. The number of thiazole rings is 1. The van der Waals surface area contributed by atoms with E-state index in [2.05, 4.69) is 20.4 Å². The van der Waals surface area contributed by atoms with Crippen LogP contribution >= 0.6 is 11.3 Å². The molecule has 10 heteroatoms. The third kappa shape index (κ3) is 4.92. The lowest BCUT2D eigenvalue weighted by Crippen LogP contribution is -2.11. The summed E-state index contributed by atoms with van der Waals surface area (Å²) in [7, 11) is 0. The predicted molar refractivity (Wildman–Crippen MR) is 110 cm³/mol. The molecule has 158 valence electrons. The van der Waals surface area contributed by atoms with Gasteiger partial charge in [-0.3, -0.25) is 10.1 Å². The van der Waals surface area contributed by atoms with Gasteiger partial charge in [0.2, 0.25) is 11.7 Å². The summed E-state index contributed by atoms with van der Waals surface area (Å²) in [4.78, 5) is 20.8. The van der Waals surface area contributed by atoms with Crippen LogP contribution in [0.1, 0.15) is 29.0 Å². The number of anilines is 1. The summed E-state index contributed by atoms with van der Waals surface area (Å²) >= 11 is 1.11. The Kier molecular flexibility index (Phi) is 5.99. The number of carbonyl (C=O) groups is 1. The Hall–Kier alpha value is -3.66. The minimum Gasteiger partial charge on any atom is -0.485 e. The highest BCUT2D eigenvalue weighted by atomic mass is 32.1. The van der Waals surface area contributed by atoms with Gasteiger partial charge in [0.05, 0.1) is 5.69 Å². The number of amides is 1. The first-order valence-corrected chi connectivity index (χ1v) is 10.2. The molecule has 31 heavy (non-hydrogen) atoms. The number of ether oxygens (including phenoxy) is 1. The number of aromatic nitrogens is 3. The molecule has 0 aliphatic carbocycles. The van der Waals surface area contributed by atoms with Crippen molar-refractivity contribution >= 4 is 22.4 Å². The maximum atomic E-state index is 13.9. The van der Waals surface area contributed by atoms with Crippen molar-refractivity contribution < 1.29 is 22.8 Å². The largest absolute Gasteiger partial charge is 0.485 e. The first-order valence-electron chi connectivity index (χ1n) is 9.28. The zero-order valence-electron chi connectivity index (χ0n) is 16.3. The topological polar surface area (TPSA) is 90.1 Å². The normalized spacial score (nSPS) is 10.8. The summed E-state index contributed by atoms with van der Waals surface area (Å²) in [5, 5.41) is 8.27. The highest BCUT2D eigenvalue weighted by Gasteiger charge is 2.13. The van der Waals surface area contributed by atoms with E-state index in [1.54, 1.807) is 29.6 Å². The van der Waals surface area contributed by atoms with E-state index in [1.807, 2.05) is 6.92 Å². The van der Waals surface area contributed by atoms with Gasteiger partial charge in [-0.25, -0.2) is 13.8 Å². The zero-order valence-corrected chi connectivity index (χ0v) is 17.1. The fourth-order valence-corrected chi connectivity index (χ4v) is 3.37. The Balaban J connectivity index is 1.37. The number of carbonyl (C=O) groups excluding carboxylic acids is 1. The van der Waals surface area contributed by atoms with Gasteiger partial charge in [0, 0.05) is 22.9 Å². The van der Waals surface area contributed by atoms with Crippen LogP contribution in [0.25, 0.3) is 11.3 Å². The molecule has 2 aromatic heterocycles. The van der Waals surface area contributed by atoms with Crippen LogP contribution in [0.15, 0.2) is 52.4 Å². The molecule has 4 rings (SSSR count). The van der Waals surface area contributed by atoms with Gasteiger partial charge < -0.3 is 9.26 Å². The summed E-state index contributed by atoms with van der Waals surface area (Å²) in [6, 6.07) is 9.61. The number of benzene rings is 2. The molecular weight excluding hydrogens is 426 g/mol. The van der Waals surface area contributed by atoms with E-state index in [1.165, 1.54) is 0 Å². The van der Waals surface area contributed by atoms with Crippen LogP contribution in [0.4, 0.5) is 13.9 Å². The summed E-state index contributed by atoms with van der Waals surface area (Å²) in [5.74, 6) is -0.0335. The predicted octanol–water partition coefficient (Wildman–Crippen LogP) is 4.87. The SMILES string of the molecule is CCc1nc(COc2ccc(C(=O)Nc3nc(-c4cc(F)ccc4F)cs3)cc2)no1. The van der Waals surface area contributed by atoms with Crippen molar-refractivity contribution in [3.8, 4) is 17.0 Å². The molecule has 7 nitrogen and oxygen atoms in total. The Morgan fingerprint density at radius 2 is 1.97 bits per heavy atom. The van der Waals surface area contributed by atoms with Gasteiger partial charge in [0.15, 0.2) is 11.7 Å². The minimum atomic E-state index is -0.591. The van der Waals surface area contributed by atoms with E-state index < -0.39 is 17.5 Å². The quantitative estimate of drug-likeness (QED) is 0.439. The molecular formula is C21H16F2N4O3S. The number of nitrogens with zero attached hydrogens (tertiary/aromatic N) is 3.